The fraction of sp³-hybridized carbons (Fsp3) is 0. The zero-order valence-corrected chi connectivity index (χ0v) is 28.4. The van der Waals surface area contributed by atoms with Crippen molar-refractivity contribution in [3.63, 3.8) is 0 Å². The van der Waals surface area contributed by atoms with Gasteiger partial charge in [-0.2, -0.15) is 0 Å². The van der Waals surface area contributed by atoms with Gasteiger partial charge in [0.1, 0.15) is 0 Å². The highest BCUT2D eigenvalue weighted by molar-refractivity contribution is 7.26. The summed E-state index contributed by atoms with van der Waals surface area (Å²) in [5.74, 6) is 0. The zero-order valence-electron chi connectivity index (χ0n) is 27.6. The highest BCUT2D eigenvalue weighted by atomic mass is 32.1. The molecule has 0 saturated heterocycles. The molecule has 0 aliphatic rings. The van der Waals surface area contributed by atoms with E-state index in [-0.39, 0.29) is 0 Å². The van der Waals surface area contributed by atoms with E-state index in [4.69, 9.17) is 0 Å². The number of nitrogens with zero attached hydrogens (tertiary/aromatic N) is 2. The van der Waals surface area contributed by atoms with Crippen LogP contribution in [0.5, 0.6) is 0 Å². The Morgan fingerprint density at radius 1 is 0.275 bits per heavy atom. The molecule has 0 bridgehead atoms. The number of hydrogen-bond acceptors (Lipinski definition) is 1. The first-order valence-corrected chi connectivity index (χ1v) is 18.2. The van der Waals surface area contributed by atoms with Crippen molar-refractivity contribution in [3.05, 3.63) is 182 Å². The van der Waals surface area contributed by atoms with Crippen LogP contribution < -0.4 is 0 Å². The van der Waals surface area contributed by atoms with Crippen LogP contribution >= 0.6 is 11.3 Å². The molecule has 0 amide bonds. The highest BCUT2D eigenvalue weighted by Gasteiger charge is 2.19. The largest absolute Gasteiger partial charge is 0.309 e. The molecule has 0 fully saturated rings. The van der Waals surface area contributed by atoms with Crippen molar-refractivity contribution < 1.29 is 0 Å². The summed E-state index contributed by atoms with van der Waals surface area (Å²) in [7, 11) is 0. The molecular formula is C48H30N2S. The minimum atomic E-state index is 1.17. The first-order chi connectivity index (χ1) is 25.3. The lowest BCUT2D eigenvalue weighted by molar-refractivity contribution is 1.18. The second-order valence-corrected chi connectivity index (χ2v) is 14.5. The van der Waals surface area contributed by atoms with E-state index >= 15 is 0 Å². The summed E-state index contributed by atoms with van der Waals surface area (Å²) in [6.07, 6.45) is 0. The molecule has 8 aromatic carbocycles. The quantitative estimate of drug-likeness (QED) is 0.177. The van der Waals surface area contributed by atoms with Crippen molar-refractivity contribution in [2.75, 3.05) is 0 Å². The van der Waals surface area contributed by atoms with Crippen LogP contribution in [0.2, 0.25) is 0 Å². The average molecular weight is 667 g/mol. The van der Waals surface area contributed by atoms with Crippen molar-refractivity contribution in [2.24, 2.45) is 0 Å². The molecule has 3 heteroatoms. The van der Waals surface area contributed by atoms with Crippen molar-refractivity contribution in [3.8, 4) is 33.6 Å². The minimum absolute atomic E-state index is 1.17. The van der Waals surface area contributed by atoms with Crippen molar-refractivity contribution in [1.82, 2.24) is 9.13 Å². The van der Waals surface area contributed by atoms with Crippen molar-refractivity contribution in [2.45, 2.75) is 0 Å². The summed E-state index contributed by atoms with van der Waals surface area (Å²) in [5, 5.41) is 7.73. The Morgan fingerprint density at radius 3 is 1.16 bits per heavy atom. The van der Waals surface area contributed by atoms with Crippen LogP contribution in [-0.2, 0) is 0 Å². The minimum Gasteiger partial charge on any atom is -0.309 e. The summed E-state index contributed by atoms with van der Waals surface area (Å²) in [4.78, 5) is 0. The van der Waals surface area contributed by atoms with E-state index in [0.29, 0.717) is 0 Å². The number of benzene rings is 8. The Labute approximate surface area is 298 Å². The second kappa shape index (κ2) is 11.0. The lowest BCUT2D eigenvalue weighted by Crippen LogP contribution is -1.94. The SMILES string of the molecule is c1ccc(-c2cccc(-n3c4ccccc4c4cc5c(cc43)sc3cc4c(cc35)c3ccccc3n4-c3cccc(-c4ccccc4)c3)c2)cc1. The summed E-state index contributed by atoms with van der Waals surface area (Å²) in [6, 6.07) is 66.6. The third-order valence-electron chi connectivity index (χ3n) is 10.5. The van der Waals surface area contributed by atoms with Crippen LogP contribution in [-0.4, -0.2) is 9.13 Å². The molecule has 3 heterocycles. The van der Waals surface area contributed by atoms with Gasteiger partial charge in [0, 0.05) is 53.1 Å². The van der Waals surface area contributed by atoms with E-state index < -0.39 is 0 Å². The number of rotatable bonds is 4. The van der Waals surface area contributed by atoms with E-state index in [0.717, 1.165) is 0 Å². The van der Waals surface area contributed by atoms with Crippen molar-refractivity contribution in [1.29, 1.82) is 0 Å². The van der Waals surface area contributed by atoms with E-state index in [1.807, 2.05) is 11.3 Å². The van der Waals surface area contributed by atoms with E-state index in [1.165, 1.54) is 97.4 Å². The Bertz CT molecular complexity index is 2910. The van der Waals surface area contributed by atoms with Gasteiger partial charge in [-0.05, 0) is 82.9 Å². The van der Waals surface area contributed by atoms with Gasteiger partial charge in [0.05, 0.1) is 22.1 Å². The van der Waals surface area contributed by atoms with E-state index in [2.05, 4.69) is 191 Å². The Morgan fingerprint density at radius 2 is 0.686 bits per heavy atom. The summed E-state index contributed by atoms with van der Waals surface area (Å²) < 4.78 is 7.49. The van der Waals surface area contributed by atoms with Gasteiger partial charge in [-0.1, -0.05) is 121 Å². The molecule has 0 unspecified atom stereocenters. The zero-order chi connectivity index (χ0) is 33.5. The lowest BCUT2D eigenvalue weighted by Gasteiger charge is -2.10. The van der Waals surface area contributed by atoms with Crippen LogP contribution in [0.25, 0.3) is 97.4 Å². The maximum atomic E-state index is 2.44. The molecule has 0 aliphatic heterocycles. The van der Waals surface area contributed by atoms with Crippen LogP contribution in [0.1, 0.15) is 0 Å². The third-order valence-corrected chi connectivity index (χ3v) is 11.6. The average Bonchev–Trinajstić information content (AvgIpc) is 3.83. The van der Waals surface area contributed by atoms with Crippen LogP contribution in [0.3, 0.4) is 0 Å². The second-order valence-electron chi connectivity index (χ2n) is 13.4. The molecular weight excluding hydrogens is 637 g/mol. The molecule has 0 N–H and O–H groups in total. The summed E-state index contributed by atoms with van der Waals surface area (Å²) in [5.41, 5.74) is 12.1. The number of para-hydroxylation sites is 2. The van der Waals surface area contributed by atoms with Gasteiger partial charge in [-0.3, -0.25) is 0 Å². The molecule has 0 atom stereocenters. The van der Waals surface area contributed by atoms with Crippen LogP contribution in [0, 0.1) is 0 Å². The Balaban J connectivity index is 1.15. The Kier molecular flexibility index (Phi) is 6.16. The molecule has 11 rings (SSSR count). The van der Waals surface area contributed by atoms with Gasteiger partial charge in [-0.25, -0.2) is 0 Å². The van der Waals surface area contributed by atoms with Gasteiger partial charge >= 0.3 is 0 Å². The predicted octanol–water partition coefficient (Wildman–Crippen LogP) is 13.6. The molecule has 11 aromatic rings. The molecule has 0 radical (unpaired) electrons. The maximum absolute atomic E-state index is 2.44. The number of fused-ring (bicyclic) bond motifs is 9. The molecule has 0 spiro atoms. The van der Waals surface area contributed by atoms with Gasteiger partial charge in [0.15, 0.2) is 0 Å². The molecule has 0 aliphatic carbocycles. The van der Waals surface area contributed by atoms with Gasteiger partial charge in [0.2, 0.25) is 0 Å². The summed E-state index contributed by atoms with van der Waals surface area (Å²) >= 11 is 1.89. The van der Waals surface area contributed by atoms with Gasteiger partial charge < -0.3 is 9.13 Å². The predicted molar refractivity (Wildman–Crippen MR) is 219 cm³/mol. The molecule has 3 aromatic heterocycles. The summed E-state index contributed by atoms with van der Waals surface area (Å²) in [6.45, 7) is 0. The van der Waals surface area contributed by atoms with Crippen molar-refractivity contribution >= 4 is 75.1 Å². The topological polar surface area (TPSA) is 9.86 Å². The highest BCUT2D eigenvalue weighted by Crippen LogP contribution is 2.44. The van der Waals surface area contributed by atoms with E-state index in [9.17, 15) is 0 Å². The maximum Gasteiger partial charge on any atom is 0.0555 e. The third kappa shape index (κ3) is 4.35. The first-order valence-electron chi connectivity index (χ1n) is 17.4. The number of thiophene rings is 1. The monoisotopic (exact) mass is 666 g/mol. The number of aromatic nitrogens is 2. The molecule has 238 valence electrons. The van der Waals surface area contributed by atoms with Gasteiger partial charge in [0.25, 0.3) is 0 Å². The van der Waals surface area contributed by atoms with Crippen LogP contribution in [0.15, 0.2) is 182 Å². The molecule has 2 nitrogen and oxygen atoms in total. The smallest absolute Gasteiger partial charge is 0.0555 e. The fourth-order valence-electron chi connectivity index (χ4n) is 8.17. The molecule has 0 saturated carbocycles. The lowest BCUT2D eigenvalue weighted by atomic mass is 10.0. The van der Waals surface area contributed by atoms with Gasteiger partial charge in [-0.15, -0.1) is 11.3 Å². The fourth-order valence-corrected chi connectivity index (χ4v) is 9.30. The van der Waals surface area contributed by atoms with E-state index in [1.54, 1.807) is 0 Å². The molecule has 51 heavy (non-hydrogen) atoms. The number of hydrogen-bond donors (Lipinski definition) is 0. The first kappa shape index (κ1) is 28.4. The normalized spacial score (nSPS) is 11.9. The Hall–Kier alpha value is -6.42. The van der Waals surface area contributed by atoms with Crippen LogP contribution in [0.4, 0.5) is 0 Å². The standard InChI is InChI=1S/C48H30N2S/c1-3-13-31(14-4-1)33-17-11-19-35(25-33)49-43-23-9-7-21-37(43)39-27-41-42-28-40-38-22-8-10-24-44(38)50(46(40)30-48(42)51-47(41)29-45(39)49)36-20-12-18-34(26-36)32-15-5-2-6-16-32/h1-30H.